The molecule has 3 heteroatoms. The predicted octanol–water partition coefficient (Wildman–Crippen LogP) is 3.52. The zero-order chi connectivity index (χ0) is 11.5. The highest BCUT2D eigenvalue weighted by atomic mass is 35.5. The number of hydrogen-bond donors (Lipinski definition) is 0. The zero-order valence-electron chi connectivity index (χ0n) is 8.77. The van der Waals surface area contributed by atoms with E-state index < -0.39 is 0 Å². The second-order valence-electron chi connectivity index (χ2n) is 3.54. The first kappa shape index (κ1) is 10.8. The summed E-state index contributed by atoms with van der Waals surface area (Å²) in [6.07, 6.45) is 4.02. The van der Waals surface area contributed by atoms with Crippen molar-refractivity contribution in [1.82, 2.24) is 4.98 Å². The van der Waals surface area contributed by atoms with Gasteiger partial charge in [0.05, 0.1) is 0 Å². The second-order valence-corrected chi connectivity index (χ2v) is 3.95. The molecule has 1 aromatic carbocycles. The van der Waals surface area contributed by atoms with Crippen LogP contribution < -0.4 is 0 Å². The standard InChI is InChI=1S/C13H10ClNO/c1-9-2-3-10(6-13(9)14)12-4-5-15-7-11(12)8-16/h2-8H,1H3. The van der Waals surface area contributed by atoms with Crippen LogP contribution in [0.25, 0.3) is 11.1 Å². The quantitative estimate of drug-likeness (QED) is 0.741. The Morgan fingerprint density at radius 1 is 1.31 bits per heavy atom. The average Bonchev–Trinajstić information content (AvgIpc) is 2.32. The zero-order valence-corrected chi connectivity index (χ0v) is 9.53. The van der Waals surface area contributed by atoms with Crippen molar-refractivity contribution in [2.24, 2.45) is 0 Å². The lowest BCUT2D eigenvalue weighted by Crippen LogP contribution is -1.89. The molecule has 0 fully saturated rings. The van der Waals surface area contributed by atoms with Gasteiger partial charge < -0.3 is 0 Å². The third kappa shape index (κ3) is 1.97. The van der Waals surface area contributed by atoms with Gasteiger partial charge in [-0.25, -0.2) is 0 Å². The Hall–Kier alpha value is -1.67. The molecule has 2 aromatic rings. The minimum Gasteiger partial charge on any atom is -0.298 e. The summed E-state index contributed by atoms with van der Waals surface area (Å²) in [6, 6.07) is 7.56. The van der Waals surface area contributed by atoms with E-state index in [2.05, 4.69) is 4.98 Å². The van der Waals surface area contributed by atoms with E-state index in [-0.39, 0.29) is 0 Å². The van der Waals surface area contributed by atoms with Gasteiger partial charge in [0.25, 0.3) is 0 Å². The first-order chi connectivity index (χ1) is 7.72. The van der Waals surface area contributed by atoms with Gasteiger partial charge in [0, 0.05) is 23.0 Å². The molecule has 0 bridgehead atoms. The van der Waals surface area contributed by atoms with Gasteiger partial charge in [-0.1, -0.05) is 23.7 Å². The van der Waals surface area contributed by atoms with Gasteiger partial charge in [0.1, 0.15) is 0 Å². The molecule has 0 aliphatic heterocycles. The Morgan fingerprint density at radius 3 is 2.81 bits per heavy atom. The van der Waals surface area contributed by atoms with Gasteiger partial charge in [-0.2, -0.15) is 0 Å². The van der Waals surface area contributed by atoms with Crippen LogP contribution in [0.15, 0.2) is 36.7 Å². The van der Waals surface area contributed by atoms with Gasteiger partial charge in [-0.05, 0) is 35.7 Å². The van der Waals surface area contributed by atoms with Crippen molar-refractivity contribution in [2.75, 3.05) is 0 Å². The summed E-state index contributed by atoms with van der Waals surface area (Å²) in [5, 5.41) is 0.700. The van der Waals surface area contributed by atoms with E-state index >= 15 is 0 Å². The fraction of sp³-hybridized carbons (Fsp3) is 0.0769. The molecule has 0 saturated carbocycles. The molecule has 0 N–H and O–H groups in total. The Balaban J connectivity index is 2.58. The van der Waals surface area contributed by atoms with Crippen LogP contribution in [0.3, 0.4) is 0 Å². The number of carbonyl (C=O) groups is 1. The van der Waals surface area contributed by atoms with E-state index in [0.29, 0.717) is 10.6 Å². The molecule has 0 saturated heterocycles. The summed E-state index contributed by atoms with van der Waals surface area (Å²) in [6.45, 7) is 1.94. The Labute approximate surface area is 98.9 Å². The van der Waals surface area contributed by atoms with Gasteiger partial charge in [-0.15, -0.1) is 0 Å². The van der Waals surface area contributed by atoms with Gasteiger partial charge in [0.2, 0.25) is 0 Å². The number of pyridine rings is 1. The molecule has 0 unspecified atom stereocenters. The highest BCUT2D eigenvalue weighted by Crippen LogP contribution is 2.26. The number of rotatable bonds is 2. The summed E-state index contributed by atoms with van der Waals surface area (Å²) in [4.78, 5) is 14.8. The largest absolute Gasteiger partial charge is 0.298 e. The minimum atomic E-state index is 0.572. The third-order valence-electron chi connectivity index (χ3n) is 2.46. The van der Waals surface area contributed by atoms with Crippen LogP contribution in [0, 0.1) is 6.92 Å². The number of nitrogens with zero attached hydrogens (tertiary/aromatic N) is 1. The van der Waals surface area contributed by atoms with Gasteiger partial charge in [0.15, 0.2) is 6.29 Å². The molecular weight excluding hydrogens is 222 g/mol. The maximum atomic E-state index is 10.9. The lowest BCUT2D eigenvalue weighted by Gasteiger charge is -2.06. The van der Waals surface area contributed by atoms with Crippen LogP contribution in [0.2, 0.25) is 5.02 Å². The number of aryl methyl sites for hydroxylation is 1. The molecule has 0 aliphatic rings. The van der Waals surface area contributed by atoms with Crippen molar-refractivity contribution in [3.63, 3.8) is 0 Å². The van der Waals surface area contributed by atoms with Crippen molar-refractivity contribution < 1.29 is 4.79 Å². The summed E-state index contributed by atoms with van der Waals surface area (Å²) in [5.41, 5.74) is 3.38. The monoisotopic (exact) mass is 231 g/mol. The van der Waals surface area contributed by atoms with Crippen LogP contribution in [-0.2, 0) is 0 Å². The molecule has 1 heterocycles. The molecule has 1 aromatic heterocycles. The van der Waals surface area contributed by atoms with Crippen molar-refractivity contribution in [2.45, 2.75) is 6.92 Å². The average molecular weight is 232 g/mol. The highest BCUT2D eigenvalue weighted by Gasteiger charge is 2.05. The van der Waals surface area contributed by atoms with Crippen LogP contribution in [-0.4, -0.2) is 11.3 Å². The Morgan fingerprint density at radius 2 is 2.12 bits per heavy atom. The Kier molecular flexibility index (Phi) is 3.02. The third-order valence-corrected chi connectivity index (χ3v) is 2.87. The highest BCUT2D eigenvalue weighted by molar-refractivity contribution is 6.31. The molecule has 0 aliphatic carbocycles. The molecule has 0 amide bonds. The lowest BCUT2D eigenvalue weighted by atomic mass is 10.0. The number of carbonyl (C=O) groups excluding carboxylic acids is 1. The van der Waals surface area contributed by atoms with Crippen molar-refractivity contribution in [1.29, 1.82) is 0 Å². The first-order valence-corrected chi connectivity index (χ1v) is 5.26. The molecular formula is C13H10ClNO. The normalized spacial score (nSPS) is 10.1. The number of aldehydes is 1. The molecule has 0 radical (unpaired) electrons. The van der Waals surface area contributed by atoms with Crippen molar-refractivity contribution in [3.05, 3.63) is 52.8 Å². The minimum absolute atomic E-state index is 0.572. The summed E-state index contributed by atoms with van der Waals surface area (Å²) >= 11 is 6.06. The molecule has 0 spiro atoms. The number of aromatic nitrogens is 1. The topological polar surface area (TPSA) is 30.0 Å². The molecule has 0 atom stereocenters. The van der Waals surface area contributed by atoms with Gasteiger partial charge in [-0.3, -0.25) is 9.78 Å². The van der Waals surface area contributed by atoms with Crippen molar-refractivity contribution in [3.8, 4) is 11.1 Å². The number of benzene rings is 1. The lowest BCUT2D eigenvalue weighted by molar-refractivity contribution is 0.112. The van der Waals surface area contributed by atoms with Crippen LogP contribution >= 0.6 is 11.6 Å². The SMILES string of the molecule is Cc1ccc(-c2ccncc2C=O)cc1Cl. The van der Waals surface area contributed by atoms with Gasteiger partial charge >= 0.3 is 0 Å². The molecule has 2 nitrogen and oxygen atoms in total. The predicted molar refractivity (Wildman–Crippen MR) is 64.8 cm³/mol. The maximum absolute atomic E-state index is 10.9. The summed E-state index contributed by atoms with van der Waals surface area (Å²) in [5.74, 6) is 0. The second kappa shape index (κ2) is 4.45. The molecule has 2 rings (SSSR count). The summed E-state index contributed by atoms with van der Waals surface area (Å²) < 4.78 is 0. The molecule has 16 heavy (non-hydrogen) atoms. The van der Waals surface area contributed by atoms with E-state index in [1.54, 1.807) is 12.4 Å². The smallest absolute Gasteiger partial charge is 0.152 e. The molecule has 80 valence electrons. The van der Waals surface area contributed by atoms with Crippen LogP contribution in [0.1, 0.15) is 15.9 Å². The van der Waals surface area contributed by atoms with E-state index in [0.717, 1.165) is 23.0 Å². The maximum Gasteiger partial charge on any atom is 0.152 e. The van der Waals surface area contributed by atoms with Crippen LogP contribution in [0.5, 0.6) is 0 Å². The van der Waals surface area contributed by atoms with E-state index in [1.165, 1.54) is 0 Å². The first-order valence-electron chi connectivity index (χ1n) is 4.88. The Bertz CT molecular complexity index is 537. The van der Waals surface area contributed by atoms with Crippen LogP contribution in [0.4, 0.5) is 0 Å². The fourth-order valence-electron chi connectivity index (χ4n) is 1.52. The fourth-order valence-corrected chi connectivity index (χ4v) is 1.70. The van der Waals surface area contributed by atoms with Crippen molar-refractivity contribution >= 4 is 17.9 Å². The number of hydrogen-bond acceptors (Lipinski definition) is 2. The van der Waals surface area contributed by atoms with E-state index in [4.69, 9.17) is 11.6 Å². The van der Waals surface area contributed by atoms with E-state index in [9.17, 15) is 4.79 Å². The number of halogens is 1. The van der Waals surface area contributed by atoms with E-state index in [1.807, 2.05) is 31.2 Å². The summed E-state index contributed by atoms with van der Waals surface area (Å²) in [7, 11) is 0.